The molecule has 114 valence electrons. The van der Waals surface area contributed by atoms with E-state index in [4.69, 9.17) is 9.47 Å². The number of aryl methyl sites for hydroxylation is 3. The summed E-state index contributed by atoms with van der Waals surface area (Å²) >= 11 is 0. The molecular formula is C13H19N5O3. The Morgan fingerprint density at radius 2 is 2.19 bits per heavy atom. The number of methoxy groups -OCH3 is 1. The molecule has 2 rings (SSSR count). The van der Waals surface area contributed by atoms with Crippen molar-refractivity contribution in [3.63, 3.8) is 0 Å². The lowest BCUT2D eigenvalue weighted by molar-refractivity contribution is 0.0380. The van der Waals surface area contributed by atoms with Crippen LogP contribution in [-0.2, 0) is 29.5 Å². The van der Waals surface area contributed by atoms with E-state index in [0.717, 1.165) is 12.1 Å². The van der Waals surface area contributed by atoms with Crippen molar-refractivity contribution in [2.45, 2.75) is 19.9 Å². The van der Waals surface area contributed by atoms with E-state index in [1.807, 2.05) is 17.8 Å². The Labute approximate surface area is 122 Å². The number of carbonyl (C=O) groups excluding carboxylic acids is 1. The fourth-order valence-corrected chi connectivity index (χ4v) is 1.91. The predicted molar refractivity (Wildman–Crippen MR) is 73.8 cm³/mol. The lowest BCUT2D eigenvalue weighted by Crippen LogP contribution is -2.12. The summed E-state index contributed by atoms with van der Waals surface area (Å²) in [6.45, 7) is 3.00. The van der Waals surface area contributed by atoms with Gasteiger partial charge in [0.25, 0.3) is 0 Å². The summed E-state index contributed by atoms with van der Waals surface area (Å²) in [6.07, 6.45) is 2.51. The van der Waals surface area contributed by atoms with Gasteiger partial charge in [-0.3, -0.25) is 4.68 Å². The highest BCUT2D eigenvalue weighted by Crippen LogP contribution is 2.07. The van der Waals surface area contributed by atoms with Crippen LogP contribution in [-0.4, -0.2) is 51.1 Å². The number of rotatable bonds is 7. The van der Waals surface area contributed by atoms with Gasteiger partial charge in [-0.1, -0.05) is 5.21 Å². The first kappa shape index (κ1) is 15.2. The van der Waals surface area contributed by atoms with Crippen molar-refractivity contribution in [1.29, 1.82) is 0 Å². The van der Waals surface area contributed by atoms with Crippen LogP contribution in [0.25, 0.3) is 0 Å². The monoisotopic (exact) mass is 293 g/mol. The molecule has 2 aromatic heterocycles. The van der Waals surface area contributed by atoms with Gasteiger partial charge in [0.05, 0.1) is 12.3 Å². The molecule has 2 heterocycles. The molecule has 0 bridgehead atoms. The normalized spacial score (nSPS) is 10.8. The highest BCUT2D eigenvalue weighted by Gasteiger charge is 2.17. The van der Waals surface area contributed by atoms with Crippen LogP contribution in [0.2, 0.25) is 0 Å². The quantitative estimate of drug-likeness (QED) is 0.541. The van der Waals surface area contributed by atoms with E-state index >= 15 is 0 Å². The van der Waals surface area contributed by atoms with Crippen LogP contribution >= 0.6 is 0 Å². The van der Waals surface area contributed by atoms with Crippen LogP contribution in [0.5, 0.6) is 0 Å². The van der Waals surface area contributed by atoms with Gasteiger partial charge in [0, 0.05) is 39.0 Å². The molecule has 0 saturated carbocycles. The minimum absolute atomic E-state index is 0.205. The molecule has 21 heavy (non-hydrogen) atoms. The lowest BCUT2D eigenvalue weighted by atomic mass is 10.3. The molecule has 0 N–H and O–H groups in total. The molecule has 0 amide bonds. The average molecular weight is 293 g/mol. The second kappa shape index (κ2) is 6.98. The minimum Gasteiger partial charge on any atom is -0.458 e. The first-order chi connectivity index (χ1) is 10.1. The number of aromatic nitrogens is 5. The lowest BCUT2D eigenvalue weighted by Gasteiger charge is -2.05. The molecule has 0 aliphatic heterocycles. The topological polar surface area (TPSA) is 84.1 Å². The number of hydrogen-bond donors (Lipinski definition) is 0. The summed E-state index contributed by atoms with van der Waals surface area (Å²) in [6, 6.07) is 1.95. The van der Waals surface area contributed by atoms with Crippen molar-refractivity contribution in [1.82, 2.24) is 24.8 Å². The molecule has 8 heteroatoms. The number of hydrogen-bond acceptors (Lipinski definition) is 6. The van der Waals surface area contributed by atoms with E-state index in [-0.39, 0.29) is 12.3 Å². The molecule has 0 radical (unpaired) electrons. The molecule has 0 fully saturated rings. The Hall–Kier alpha value is -2.22. The summed E-state index contributed by atoms with van der Waals surface area (Å²) in [7, 11) is 3.44. The molecule has 0 aliphatic carbocycles. The minimum atomic E-state index is -0.476. The largest absolute Gasteiger partial charge is 0.458 e. The van der Waals surface area contributed by atoms with Crippen LogP contribution in [0.15, 0.2) is 12.3 Å². The zero-order chi connectivity index (χ0) is 15.2. The maximum absolute atomic E-state index is 11.8. The molecule has 2 aromatic rings. The molecule has 0 spiro atoms. The van der Waals surface area contributed by atoms with E-state index in [1.165, 1.54) is 0 Å². The second-order valence-corrected chi connectivity index (χ2v) is 4.57. The highest BCUT2D eigenvalue weighted by molar-refractivity contribution is 5.88. The number of nitrogens with zero attached hydrogens (tertiary/aromatic N) is 5. The Kier molecular flexibility index (Phi) is 5.04. The van der Waals surface area contributed by atoms with Crippen molar-refractivity contribution in [3.05, 3.63) is 29.3 Å². The third kappa shape index (κ3) is 3.66. The summed E-state index contributed by atoms with van der Waals surface area (Å²) < 4.78 is 13.4. The SMILES string of the molecule is COCCOC(=O)c1nnn(CCc2ccnn2C)c1C. The van der Waals surface area contributed by atoms with Gasteiger partial charge in [0.2, 0.25) is 0 Å². The first-order valence-electron chi connectivity index (χ1n) is 6.66. The molecule has 8 nitrogen and oxygen atoms in total. The van der Waals surface area contributed by atoms with Gasteiger partial charge >= 0.3 is 5.97 Å². The zero-order valence-corrected chi connectivity index (χ0v) is 12.4. The smallest absolute Gasteiger partial charge is 0.360 e. The third-order valence-electron chi connectivity index (χ3n) is 3.20. The summed E-state index contributed by atoms with van der Waals surface area (Å²) in [5, 5.41) is 12.0. The summed E-state index contributed by atoms with van der Waals surface area (Å²) in [5.74, 6) is -0.476. The van der Waals surface area contributed by atoms with Gasteiger partial charge in [0.15, 0.2) is 5.69 Å². The van der Waals surface area contributed by atoms with Gasteiger partial charge in [-0.05, 0) is 13.0 Å². The number of esters is 1. The van der Waals surface area contributed by atoms with Gasteiger partial charge in [-0.15, -0.1) is 5.10 Å². The van der Waals surface area contributed by atoms with Crippen LogP contribution in [0, 0.1) is 6.92 Å². The van der Waals surface area contributed by atoms with Crippen molar-refractivity contribution >= 4 is 5.97 Å². The van der Waals surface area contributed by atoms with E-state index in [1.54, 1.807) is 24.9 Å². The standard InChI is InChI=1S/C13H19N5O3/c1-10-12(13(19)21-9-8-20-3)15-16-18(10)7-5-11-4-6-14-17(11)2/h4,6H,5,7-9H2,1-3H3. The summed E-state index contributed by atoms with van der Waals surface area (Å²) in [4.78, 5) is 11.8. The van der Waals surface area contributed by atoms with Crippen molar-refractivity contribution in [2.75, 3.05) is 20.3 Å². The van der Waals surface area contributed by atoms with Gasteiger partial charge < -0.3 is 9.47 Å². The summed E-state index contributed by atoms with van der Waals surface area (Å²) in [5.41, 5.74) is 2.03. The van der Waals surface area contributed by atoms with E-state index < -0.39 is 5.97 Å². The predicted octanol–water partition coefficient (Wildman–Crippen LogP) is 0.366. The average Bonchev–Trinajstić information content (AvgIpc) is 3.03. The van der Waals surface area contributed by atoms with Crippen molar-refractivity contribution < 1.29 is 14.3 Å². The highest BCUT2D eigenvalue weighted by atomic mass is 16.6. The van der Waals surface area contributed by atoms with E-state index in [2.05, 4.69) is 15.4 Å². The van der Waals surface area contributed by atoms with E-state index in [9.17, 15) is 4.79 Å². The fourth-order valence-electron chi connectivity index (χ4n) is 1.91. The third-order valence-corrected chi connectivity index (χ3v) is 3.20. The van der Waals surface area contributed by atoms with Gasteiger partial charge in [-0.25, -0.2) is 9.48 Å². The van der Waals surface area contributed by atoms with E-state index in [0.29, 0.717) is 18.8 Å². The van der Waals surface area contributed by atoms with Crippen LogP contribution < -0.4 is 0 Å². The second-order valence-electron chi connectivity index (χ2n) is 4.57. The molecule has 0 aliphatic rings. The number of ether oxygens (including phenoxy) is 2. The Morgan fingerprint density at radius 3 is 2.86 bits per heavy atom. The molecule has 0 saturated heterocycles. The Morgan fingerprint density at radius 1 is 1.38 bits per heavy atom. The first-order valence-corrected chi connectivity index (χ1v) is 6.66. The van der Waals surface area contributed by atoms with Gasteiger partial charge in [0.1, 0.15) is 6.61 Å². The van der Waals surface area contributed by atoms with Crippen LogP contribution in [0.4, 0.5) is 0 Å². The van der Waals surface area contributed by atoms with Crippen molar-refractivity contribution in [2.24, 2.45) is 7.05 Å². The maximum atomic E-state index is 11.8. The molecular weight excluding hydrogens is 274 g/mol. The van der Waals surface area contributed by atoms with Crippen LogP contribution in [0.1, 0.15) is 21.9 Å². The van der Waals surface area contributed by atoms with Crippen molar-refractivity contribution in [3.8, 4) is 0 Å². The maximum Gasteiger partial charge on any atom is 0.360 e. The Balaban J connectivity index is 1.96. The van der Waals surface area contributed by atoms with Crippen LogP contribution in [0.3, 0.4) is 0 Å². The Bertz CT molecular complexity index is 605. The number of carbonyl (C=O) groups is 1. The fraction of sp³-hybridized carbons (Fsp3) is 0.538. The molecule has 0 unspecified atom stereocenters. The van der Waals surface area contributed by atoms with Gasteiger partial charge in [-0.2, -0.15) is 5.10 Å². The zero-order valence-electron chi connectivity index (χ0n) is 12.4. The molecule has 0 atom stereocenters. The molecule has 0 aromatic carbocycles.